The number of aromatic nitrogens is 1. The van der Waals surface area contributed by atoms with Crippen molar-refractivity contribution in [1.29, 1.82) is 0 Å². The fraction of sp³-hybridized carbons (Fsp3) is 0.321. The van der Waals surface area contributed by atoms with Gasteiger partial charge >= 0.3 is 0 Å². The third-order valence-corrected chi connectivity index (χ3v) is 6.56. The van der Waals surface area contributed by atoms with Gasteiger partial charge in [0, 0.05) is 51.6 Å². The Balaban J connectivity index is 1.55. The van der Waals surface area contributed by atoms with Crippen molar-refractivity contribution in [2.24, 2.45) is 5.41 Å². The number of hydrogen-bond acceptors (Lipinski definition) is 3. The molecule has 3 aromatic rings. The molecular formula is C28H31N3O2. The smallest absolute Gasteiger partial charge is 0.230 e. The Bertz CT molecular complexity index is 1100. The molecule has 1 aliphatic rings. The molecule has 1 fully saturated rings. The summed E-state index contributed by atoms with van der Waals surface area (Å²) in [7, 11) is 3.61. The summed E-state index contributed by atoms with van der Waals surface area (Å²) in [6, 6.07) is 22.2. The van der Waals surface area contributed by atoms with E-state index in [-0.39, 0.29) is 11.8 Å². The molecule has 2 aromatic carbocycles. The quantitative estimate of drug-likeness (QED) is 0.551. The monoisotopic (exact) mass is 441 g/mol. The highest BCUT2D eigenvalue weighted by atomic mass is 16.2. The number of likely N-dealkylation sites (tertiary alicyclic amines) is 1. The van der Waals surface area contributed by atoms with Crippen LogP contribution < -0.4 is 0 Å². The summed E-state index contributed by atoms with van der Waals surface area (Å²) in [5.74, 6) is 0.203. The van der Waals surface area contributed by atoms with Gasteiger partial charge < -0.3 is 9.80 Å². The largest absolute Gasteiger partial charge is 0.348 e. The molecule has 2 heterocycles. The van der Waals surface area contributed by atoms with Gasteiger partial charge in [0.2, 0.25) is 11.8 Å². The molecule has 0 N–H and O–H groups in total. The van der Waals surface area contributed by atoms with Gasteiger partial charge in [-0.3, -0.25) is 14.6 Å². The lowest BCUT2D eigenvalue weighted by Crippen LogP contribution is -2.44. The SMILES string of the molecule is CN(C)C(=O)[C@]1(Cc2ccccc2-c2cccnc2)CCN(C(=O)CCc2ccccc2)C1. The van der Waals surface area contributed by atoms with Crippen LogP contribution in [0.5, 0.6) is 0 Å². The Morgan fingerprint density at radius 1 is 1.00 bits per heavy atom. The standard InChI is InChI=1S/C28H31N3O2/c1-30(2)27(33)28(19-23-11-6-7-13-25(23)24-12-8-17-29-20-24)16-18-31(21-28)26(32)15-14-22-9-4-3-5-10-22/h3-13,17,20H,14-16,18-19,21H2,1-2H3/t28-/m0/s1. The van der Waals surface area contributed by atoms with E-state index in [1.807, 2.05) is 65.7 Å². The Morgan fingerprint density at radius 3 is 2.48 bits per heavy atom. The van der Waals surface area contributed by atoms with Crippen LogP contribution in [0, 0.1) is 5.41 Å². The molecule has 0 saturated carbocycles. The summed E-state index contributed by atoms with van der Waals surface area (Å²) >= 11 is 0. The molecule has 5 heteroatoms. The number of benzene rings is 2. The van der Waals surface area contributed by atoms with Crippen molar-refractivity contribution in [2.45, 2.75) is 25.7 Å². The number of nitrogens with zero attached hydrogens (tertiary/aromatic N) is 3. The van der Waals surface area contributed by atoms with E-state index in [1.54, 1.807) is 25.2 Å². The van der Waals surface area contributed by atoms with Crippen LogP contribution >= 0.6 is 0 Å². The fourth-order valence-corrected chi connectivity index (χ4v) is 4.85. The van der Waals surface area contributed by atoms with E-state index in [9.17, 15) is 9.59 Å². The molecule has 33 heavy (non-hydrogen) atoms. The van der Waals surface area contributed by atoms with Gasteiger partial charge in [0.05, 0.1) is 5.41 Å². The first-order chi connectivity index (χ1) is 16.0. The van der Waals surface area contributed by atoms with Crippen molar-refractivity contribution in [2.75, 3.05) is 27.2 Å². The Labute approximate surface area is 196 Å². The average molecular weight is 442 g/mol. The zero-order valence-corrected chi connectivity index (χ0v) is 19.4. The molecule has 0 bridgehead atoms. The van der Waals surface area contributed by atoms with Gasteiger partial charge in [-0.1, -0.05) is 60.7 Å². The van der Waals surface area contributed by atoms with Gasteiger partial charge in [-0.2, -0.15) is 0 Å². The van der Waals surface area contributed by atoms with Crippen LogP contribution in [0.3, 0.4) is 0 Å². The van der Waals surface area contributed by atoms with Crippen molar-refractivity contribution in [3.8, 4) is 11.1 Å². The van der Waals surface area contributed by atoms with Crippen LogP contribution in [-0.2, 0) is 22.4 Å². The normalized spacial score (nSPS) is 17.7. The van der Waals surface area contributed by atoms with E-state index in [2.05, 4.69) is 17.1 Å². The predicted molar refractivity (Wildman–Crippen MR) is 130 cm³/mol. The minimum absolute atomic E-state index is 0.0850. The Kier molecular flexibility index (Phi) is 6.87. The van der Waals surface area contributed by atoms with Gasteiger partial charge in [-0.15, -0.1) is 0 Å². The minimum atomic E-state index is -0.621. The van der Waals surface area contributed by atoms with E-state index in [1.165, 1.54) is 0 Å². The third-order valence-electron chi connectivity index (χ3n) is 6.56. The lowest BCUT2D eigenvalue weighted by molar-refractivity contribution is -0.139. The molecule has 5 nitrogen and oxygen atoms in total. The number of carbonyl (C=O) groups excluding carboxylic acids is 2. The number of pyridine rings is 1. The first kappa shape index (κ1) is 22.7. The molecule has 170 valence electrons. The van der Waals surface area contributed by atoms with E-state index < -0.39 is 5.41 Å². The summed E-state index contributed by atoms with van der Waals surface area (Å²) < 4.78 is 0. The maximum absolute atomic E-state index is 13.4. The summed E-state index contributed by atoms with van der Waals surface area (Å²) in [4.78, 5) is 34.3. The van der Waals surface area contributed by atoms with Crippen molar-refractivity contribution in [1.82, 2.24) is 14.8 Å². The molecule has 1 atom stereocenters. The van der Waals surface area contributed by atoms with E-state index in [0.29, 0.717) is 38.8 Å². The van der Waals surface area contributed by atoms with Crippen LogP contribution in [-0.4, -0.2) is 53.8 Å². The molecule has 1 saturated heterocycles. The van der Waals surface area contributed by atoms with Gasteiger partial charge in [0.25, 0.3) is 0 Å². The van der Waals surface area contributed by atoms with Crippen LogP contribution in [0.2, 0.25) is 0 Å². The number of amides is 2. The molecular weight excluding hydrogens is 410 g/mol. The van der Waals surface area contributed by atoms with Gasteiger partial charge in [-0.25, -0.2) is 0 Å². The molecule has 0 unspecified atom stereocenters. The van der Waals surface area contributed by atoms with Crippen LogP contribution in [0.1, 0.15) is 24.0 Å². The number of rotatable bonds is 7. The zero-order valence-electron chi connectivity index (χ0n) is 19.4. The van der Waals surface area contributed by atoms with Crippen molar-refractivity contribution in [3.05, 3.63) is 90.3 Å². The summed E-state index contributed by atoms with van der Waals surface area (Å²) in [5, 5.41) is 0. The van der Waals surface area contributed by atoms with Gasteiger partial charge in [0.1, 0.15) is 0 Å². The minimum Gasteiger partial charge on any atom is -0.348 e. The maximum atomic E-state index is 13.4. The highest BCUT2D eigenvalue weighted by Gasteiger charge is 2.46. The van der Waals surface area contributed by atoms with Crippen LogP contribution in [0.4, 0.5) is 0 Å². The summed E-state index contributed by atoms with van der Waals surface area (Å²) in [6.07, 6.45) is 6.06. The van der Waals surface area contributed by atoms with Gasteiger partial charge in [-0.05, 0) is 42.0 Å². The number of aryl methyl sites for hydroxylation is 1. The molecule has 2 amide bonds. The Hall–Kier alpha value is -3.47. The molecule has 4 rings (SSSR count). The topological polar surface area (TPSA) is 53.5 Å². The third kappa shape index (κ3) is 5.14. The predicted octanol–water partition coefficient (Wildman–Crippen LogP) is 4.23. The van der Waals surface area contributed by atoms with Gasteiger partial charge in [0.15, 0.2) is 0 Å². The van der Waals surface area contributed by atoms with Crippen molar-refractivity contribution >= 4 is 11.8 Å². The second-order valence-corrected chi connectivity index (χ2v) is 9.11. The van der Waals surface area contributed by atoms with Crippen molar-refractivity contribution < 1.29 is 9.59 Å². The number of carbonyl (C=O) groups is 2. The first-order valence-electron chi connectivity index (χ1n) is 11.5. The fourth-order valence-electron chi connectivity index (χ4n) is 4.85. The maximum Gasteiger partial charge on any atom is 0.230 e. The van der Waals surface area contributed by atoms with Crippen molar-refractivity contribution in [3.63, 3.8) is 0 Å². The lowest BCUT2D eigenvalue weighted by atomic mass is 9.78. The Morgan fingerprint density at radius 2 is 1.76 bits per heavy atom. The molecule has 0 radical (unpaired) electrons. The second kappa shape index (κ2) is 9.99. The van der Waals surface area contributed by atoms with Crippen LogP contribution in [0.15, 0.2) is 79.1 Å². The molecule has 0 aliphatic carbocycles. The highest BCUT2D eigenvalue weighted by Crippen LogP contribution is 2.38. The summed E-state index contributed by atoms with van der Waals surface area (Å²) in [6.45, 7) is 1.07. The molecule has 0 spiro atoms. The molecule has 1 aliphatic heterocycles. The first-order valence-corrected chi connectivity index (χ1v) is 11.5. The van der Waals surface area contributed by atoms with Crippen LogP contribution in [0.25, 0.3) is 11.1 Å². The highest BCUT2D eigenvalue weighted by molar-refractivity contribution is 5.86. The van der Waals surface area contributed by atoms with E-state index in [0.717, 1.165) is 22.3 Å². The number of hydrogen-bond donors (Lipinski definition) is 0. The van der Waals surface area contributed by atoms with E-state index in [4.69, 9.17) is 0 Å². The zero-order chi connectivity index (χ0) is 23.3. The second-order valence-electron chi connectivity index (χ2n) is 9.11. The lowest BCUT2D eigenvalue weighted by Gasteiger charge is -2.32. The van der Waals surface area contributed by atoms with E-state index >= 15 is 0 Å². The summed E-state index contributed by atoms with van der Waals surface area (Å²) in [5.41, 5.74) is 3.77. The average Bonchev–Trinajstić information content (AvgIpc) is 3.28. The molecule has 1 aromatic heterocycles.